The predicted octanol–water partition coefficient (Wildman–Crippen LogP) is -0.0277. The Morgan fingerprint density at radius 2 is 1.90 bits per heavy atom. The Labute approximate surface area is 186 Å². The Hall–Kier alpha value is -1.96. The molecule has 0 saturated heterocycles. The molecular weight excluding hydrogens is 394 g/mol. The smallest absolute Gasteiger partial charge is 0.253 e. The van der Waals surface area contributed by atoms with Crippen molar-refractivity contribution in [3.8, 4) is 0 Å². The number of H-pyrrole nitrogens is 1. The van der Waals surface area contributed by atoms with Crippen molar-refractivity contribution < 1.29 is 9.80 Å². The van der Waals surface area contributed by atoms with Crippen molar-refractivity contribution in [3.63, 3.8) is 0 Å². The second-order valence-corrected chi connectivity index (χ2v) is 8.77. The fourth-order valence-electron chi connectivity index (χ4n) is 3.54. The molecule has 166 valence electrons. The van der Waals surface area contributed by atoms with Gasteiger partial charge in [-0.15, -0.1) is 0 Å². The zero-order valence-electron chi connectivity index (χ0n) is 19.2. The number of aromatic nitrogens is 1. The van der Waals surface area contributed by atoms with Gasteiger partial charge in [-0.05, 0) is 56.1 Å². The number of hydrogen-bond acceptors (Lipinski definition) is 2. The first-order valence-corrected chi connectivity index (χ1v) is 11.5. The van der Waals surface area contributed by atoms with E-state index in [0.717, 1.165) is 72.8 Å². The van der Waals surface area contributed by atoms with Crippen molar-refractivity contribution in [2.75, 3.05) is 53.4 Å². The number of rotatable bonds is 11. The maximum absolute atomic E-state index is 12.7. The van der Waals surface area contributed by atoms with Gasteiger partial charge in [-0.1, -0.05) is 12.1 Å². The molecule has 0 amide bonds. The predicted molar refractivity (Wildman–Crippen MR) is 130 cm³/mol. The molecular formula is C23H39N5OS+2. The molecule has 0 aliphatic heterocycles. The van der Waals surface area contributed by atoms with Crippen molar-refractivity contribution in [1.82, 2.24) is 15.2 Å². The van der Waals surface area contributed by atoms with Gasteiger partial charge in [0.05, 0.1) is 53.4 Å². The van der Waals surface area contributed by atoms with Crippen LogP contribution in [-0.2, 0) is 6.54 Å². The Bertz CT molecular complexity index is 876. The molecule has 0 fully saturated rings. The van der Waals surface area contributed by atoms with E-state index in [1.54, 1.807) is 4.90 Å². The van der Waals surface area contributed by atoms with Crippen LogP contribution in [0.2, 0.25) is 0 Å². The highest BCUT2D eigenvalue weighted by atomic mass is 32.1. The van der Waals surface area contributed by atoms with Gasteiger partial charge >= 0.3 is 0 Å². The third kappa shape index (κ3) is 7.38. The highest BCUT2D eigenvalue weighted by molar-refractivity contribution is 7.80. The average Bonchev–Trinajstić information content (AvgIpc) is 2.71. The SMILES string of the molecule is CC[NH+](CC)CCCNC(=S)N(CC[NH+](C)C)Cc1cc2ccc(C)cc2[nH]c1=O. The van der Waals surface area contributed by atoms with Crippen molar-refractivity contribution in [3.05, 3.63) is 45.7 Å². The number of fused-ring (bicyclic) bond motifs is 1. The van der Waals surface area contributed by atoms with Crippen molar-refractivity contribution >= 4 is 28.2 Å². The van der Waals surface area contributed by atoms with Gasteiger partial charge in [0, 0.05) is 24.0 Å². The van der Waals surface area contributed by atoms with Crippen LogP contribution in [0.25, 0.3) is 10.9 Å². The van der Waals surface area contributed by atoms with Crippen LogP contribution in [0.4, 0.5) is 0 Å². The molecule has 0 aliphatic carbocycles. The van der Waals surface area contributed by atoms with E-state index >= 15 is 0 Å². The van der Waals surface area contributed by atoms with Crippen LogP contribution < -0.4 is 20.7 Å². The van der Waals surface area contributed by atoms with Gasteiger partial charge in [0.1, 0.15) is 0 Å². The molecule has 0 atom stereocenters. The topological polar surface area (TPSA) is 57.0 Å². The largest absolute Gasteiger partial charge is 0.362 e. The van der Waals surface area contributed by atoms with Gasteiger partial charge < -0.3 is 25.0 Å². The fraction of sp³-hybridized carbons (Fsp3) is 0.565. The third-order valence-electron chi connectivity index (χ3n) is 5.59. The van der Waals surface area contributed by atoms with Crippen LogP contribution in [-0.4, -0.2) is 68.4 Å². The number of aryl methyl sites for hydroxylation is 1. The molecule has 7 heteroatoms. The first kappa shape index (κ1) is 24.3. The van der Waals surface area contributed by atoms with E-state index in [2.05, 4.69) is 55.3 Å². The van der Waals surface area contributed by atoms with Crippen molar-refractivity contribution in [2.24, 2.45) is 0 Å². The fourth-order valence-corrected chi connectivity index (χ4v) is 3.80. The average molecular weight is 434 g/mol. The Morgan fingerprint density at radius 3 is 2.57 bits per heavy atom. The molecule has 1 aromatic carbocycles. The quantitative estimate of drug-likeness (QED) is 0.297. The summed E-state index contributed by atoms with van der Waals surface area (Å²) in [6, 6.07) is 8.14. The lowest BCUT2D eigenvalue weighted by Gasteiger charge is -2.26. The lowest BCUT2D eigenvalue weighted by atomic mass is 10.1. The molecule has 30 heavy (non-hydrogen) atoms. The summed E-state index contributed by atoms with van der Waals surface area (Å²) in [5.74, 6) is 0. The van der Waals surface area contributed by atoms with E-state index in [9.17, 15) is 4.79 Å². The summed E-state index contributed by atoms with van der Waals surface area (Å²) in [5.41, 5.74) is 2.73. The van der Waals surface area contributed by atoms with Crippen LogP contribution >= 0.6 is 12.2 Å². The maximum atomic E-state index is 12.7. The highest BCUT2D eigenvalue weighted by Crippen LogP contribution is 2.14. The molecule has 1 heterocycles. The minimum absolute atomic E-state index is 0.0387. The van der Waals surface area contributed by atoms with Gasteiger partial charge in [0.15, 0.2) is 5.11 Å². The molecule has 2 rings (SSSR count). The van der Waals surface area contributed by atoms with E-state index in [1.165, 1.54) is 4.90 Å². The maximum Gasteiger partial charge on any atom is 0.253 e. The summed E-state index contributed by atoms with van der Waals surface area (Å²) in [7, 11) is 4.26. The number of thiocarbonyl (C=S) groups is 1. The first-order chi connectivity index (χ1) is 14.3. The molecule has 0 spiro atoms. The highest BCUT2D eigenvalue weighted by Gasteiger charge is 2.15. The Kier molecular flexibility index (Phi) is 9.75. The van der Waals surface area contributed by atoms with Gasteiger partial charge in [-0.25, -0.2) is 0 Å². The molecule has 0 radical (unpaired) electrons. The zero-order chi connectivity index (χ0) is 22.1. The molecule has 0 aliphatic rings. The summed E-state index contributed by atoms with van der Waals surface area (Å²) in [6.45, 7) is 13.1. The molecule has 0 unspecified atom stereocenters. The Morgan fingerprint density at radius 1 is 1.17 bits per heavy atom. The minimum atomic E-state index is -0.0387. The van der Waals surface area contributed by atoms with Crippen LogP contribution in [0.3, 0.4) is 0 Å². The van der Waals surface area contributed by atoms with Gasteiger partial charge in [0.25, 0.3) is 5.56 Å². The van der Waals surface area contributed by atoms with E-state index in [1.807, 2.05) is 19.1 Å². The van der Waals surface area contributed by atoms with Crippen LogP contribution in [0.15, 0.2) is 29.1 Å². The first-order valence-electron chi connectivity index (χ1n) is 11.1. The minimum Gasteiger partial charge on any atom is -0.362 e. The van der Waals surface area contributed by atoms with E-state index in [0.29, 0.717) is 6.54 Å². The van der Waals surface area contributed by atoms with E-state index in [-0.39, 0.29) is 5.56 Å². The lowest BCUT2D eigenvalue weighted by Crippen LogP contribution is -3.11. The van der Waals surface area contributed by atoms with E-state index < -0.39 is 0 Å². The number of nitrogens with one attached hydrogen (secondary N) is 4. The van der Waals surface area contributed by atoms with Crippen molar-refractivity contribution in [2.45, 2.75) is 33.7 Å². The molecule has 1 aromatic heterocycles. The number of aromatic amines is 1. The normalized spacial score (nSPS) is 11.4. The van der Waals surface area contributed by atoms with Gasteiger partial charge in [-0.2, -0.15) is 0 Å². The number of likely N-dealkylation sites (N-methyl/N-ethyl adjacent to an activating group) is 1. The molecule has 0 saturated carbocycles. The van der Waals surface area contributed by atoms with E-state index in [4.69, 9.17) is 12.2 Å². The number of quaternary nitrogens is 2. The molecule has 2 aromatic rings. The van der Waals surface area contributed by atoms with Crippen LogP contribution in [0.1, 0.15) is 31.4 Å². The standard InChI is InChI=1S/C23H37N5OS/c1-6-27(7-2)12-8-11-24-23(30)28(14-13-26(4)5)17-20-16-19-10-9-18(3)15-21(19)25-22(20)29/h9-10,15-16H,6-8,11-14,17H2,1-5H3,(H,24,30)(H,25,29)/p+2. The van der Waals surface area contributed by atoms with Gasteiger partial charge in [0.2, 0.25) is 0 Å². The molecule has 6 nitrogen and oxygen atoms in total. The monoisotopic (exact) mass is 433 g/mol. The molecule has 0 bridgehead atoms. The summed E-state index contributed by atoms with van der Waals surface area (Å²) in [4.78, 5) is 20.8. The van der Waals surface area contributed by atoms with Crippen LogP contribution in [0, 0.1) is 6.92 Å². The number of hydrogen-bond donors (Lipinski definition) is 4. The summed E-state index contributed by atoms with van der Waals surface area (Å²) < 4.78 is 0. The number of pyridine rings is 1. The summed E-state index contributed by atoms with van der Waals surface area (Å²) in [6.07, 6.45) is 1.08. The second-order valence-electron chi connectivity index (χ2n) is 8.39. The zero-order valence-corrected chi connectivity index (χ0v) is 20.0. The third-order valence-corrected chi connectivity index (χ3v) is 5.99. The Balaban J connectivity index is 2.07. The number of nitrogens with zero attached hydrogens (tertiary/aromatic N) is 1. The molecule has 4 N–H and O–H groups in total. The lowest BCUT2D eigenvalue weighted by molar-refractivity contribution is -0.896. The summed E-state index contributed by atoms with van der Waals surface area (Å²) in [5, 5.41) is 5.20. The second kappa shape index (κ2) is 12.0. The van der Waals surface area contributed by atoms with Gasteiger partial charge in [-0.3, -0.25) is 4.79 Å². The summed E-state index contributed by atoms with van der Waals surface area (Å²) >= 11 is 5.71. The van der Waals surface area contributed by atoms with Crippen molar-refractivity contribution in [1.29, 1.82) is 0 Å². The van der Waals surface area contributed by atoms with Crippen LogP contribution in [0.5, 0.6) is 0 Å². The number of benzene rings is 1.